The lowest BCUT2D eigenvalue weighted by atomic mass is 10.0. The number of furan rings is 1. The topological polar surface area (TPSA) is 68.5 Å². The zero-order valence-electron chi connectivity index (χ0n) is 9.82. The van der Waals surface area contributed by atoms with Crippen molar-refractivity contribution in [1.82, 2.24) is 5.32 Å². The molecule has 0 aromatic carbocycles. The van der Waals surface area contributed by atoms with Crippen molar-refractivity contribution in [2.24, 2.45) is 5.92 Å². The molecule has 0 bridgehead atoms. The molecule has 1 rings (SSSR count). The Labute approximate surface area is 104 Å². The van der Waals surface area contributed by atoms with Crippen molar-refractivity contribution in [1.29, 1.82) is 0 Å². The fourth-order valence-electron chi connectivity index (χ4n) is 1.30. The molecule has 1 heterocycles. The summed E-state index contributed by atoms with van der Waals surface area (Å²) >= 11 is 5.67. The molecule has 1 N–H and O–H groups in total. The van der Waals surface area contributed by atoms with Crippen molar-refractivity contribution < 1.29 is 18.7 Å². The van der Waals surface area contributed by atoms with E-state index in [0.717, 1.165) is 0 Å². The SMILES string of the molecule is COC(=O)[C@@H](NC(=O)c1ccoc1Cl)C(C)C. The monoisotopic (exact) mass is 259 g/mol. The van der Waals surface area contributed by atoms with Crippen molar-refractivity contribution in [2.75, 3.05) is 7.11 Å². The van der Waals surface area contributed by atoms with Gasteiger partial charge in [-0.25, -0.2) is 4.79 Å². The lowest BCUT2D eigenvalue weighted by Crippen LogP contribution is -2.45. The Bertz CT molecular complexity index is 413. The molecule has 0 aliphatic heterocycles. The normalized spacial score (nSPS) is 12.3. The van der Waals surface area contributed by atoms with Gasteiger partial charge in [-0.2, -0.15) is 0 Å². The average molecular weight is 260 g/mol. The van der Waals surface area contributed by atoms with Crippen LogP contribution in [0.1, 0.15) is 24.2 Å². The van der Waals surface area contributed by atoms with E-state index in [-0.39, 0.29) is 16.7 Å². The van der Waals surface area contributed by atoms with E-state index in [4.69, 9.17) is 16.0 Å². The lowest BCUT2D eigenvalue weighted by molar-refractivity contribution is -0.144. The molecule has 0 saturated carbocycles. The van der Waals surface area contributed by atoms with Crippen LogP contribution in [0, 0.1) is 5.92 Å². The van der Waals surface area contributed by atoms with E-state index in [1.165, 1.54) is 19.4 Å². The van der Waals surface area contributed by atoms with E-state index in [2.05, 4.69) is 10.1 Å². The van der Waals surface area contributed by atoms with Crippen LogP contribution in [0.5, 0.6) is 0 Å². The fourth-order valence-corrected chi connectivity index (χ4v) is 1.50. The number of ether oxygens (including phenoxy) is 1. The maximum atomic E-state index is 11.8. The van der Waals surface area contributed by atoms with Gasteiger partial charge < -0.3 is 14.5 Å². The highest BCUT2D eigenvalue weighted by Crippen LogP contribution is 2.17. The average Bonchev–Trinajstić information content (AvgIpc) is 2.70. The Morgan fingerprint density at radius 3 is 2.53 bits per heavy atom. The van der Waals surface area contributed by atoms with Gasteiger partial charge in [0.05, 0.1) is 18.9 Å². The molecule has 1 aromatic heterocycles. The van der Waals surface area contributed by atoms with Crippen molar-refractivity contribution in [3.05, 3.63) is 23.1 Å². The minimum Gasteiger partial charge on any atom is -0.467 e. The van der Waals surface area contributed by atoms with Crippen molar-refractivity contribution in [3.63, 3.8) is 0 Å². The van der Waals surface area contributed by atoms with Crippen molar-refractivity contribution in [2.45, 2.75) is 19.9 Å². The van der Waals surface area contributed by atoms with Gasteiger partial charge in [0.1, 0.15) is 6.04 Å². The lowest BCUT2D eigenvalue weighted by Gasteiger charge is -2.19. The Balaban J connectivity index is 2.78. The number of rotatable bonds is 4. The van der Waals surface area contributed by atoms with Crippen LogP contribution in [-0.4, -0.2) is 25.0 Å². The second kappa shape index (κ2) is 5.72. The molecule has 0 spiro atoms. The summed E-state index contributed by atoms with van der Waals surface area (Å²) in [5.41, 5.74) is 0.196. The number of hydrogen-bond acceptors (Lipinski definition) is 4. The highest BCUT2D eigenvalue weighted by atomic mass is 35.5. The zero-order chi connectivity index (χ0) is 13.0. The minimum atomic E-state index is -0.710. The molecule has 5 nitrogen and oxygen atoms in total. The van der Waals surface area contributed by atoms with Crippen LogP contribution in [0.15, 0.2) is 16.7 Å². The first-order chi connectivity index (χ1) is 7.97. The van der Waals surface area contributed by atoms with Crippen LogP contribution in [-0.2, 0) is 9.53 Å². The van der Waals surface area contributed by atoms with Gasteiger partial charge in [0.2, 0.25) is 5.22 Å². The van der Waals surface area contributed by atoms with Gasteiger partial charge in [0.25, 0.3) is 5.91 Å². The van der Waals surface area contributed by atoms with E-state index < -0.39 is 17.9 Å². The van der Waals surface area contributed by atoms with E-state index in [9.17, 15) is 9.59 Å². The summed E-state index contributed by atoms with van der Waals surface area (Å²) in [4.78, 5) is 23.2. The third-order valence-electron chi connectivity index (χ3n) is 2.27. The second-order valence-electron chi connectivity index (χ2n) is 3.83. The number of methoxy groups -OCH3 is 1. The van der Waals surface area contributed by atoms with Gasteiger partial charge >= 0.3 is 5.97 Å². The first-order valence-electron chi connectivity index (χ1n) is 5.09. The molecule has 1 aromatic rings. The molecular weight excluding hydrogens is 246 g/mol. The Hall–Kier alpha value is -1.49. The first-order valence-corrected chi connectivity index (χ1v) is 5.46. The predicted molar refractivity (Wildman–Crippen MR) is 61.8 cm³/mol. The molecule has 1 amide bonds. The third kappa shape index (κ3) is 3.23. The van der Waals surface area contributed by atoms with Crippen LogP contribution in [0.2, 0.25) is 5.22 Å². The highest BCUT2D eigenvalue weighted by molar-refractivity contribution is 6.32. The zero-order valence-corrected chi connectivity index (χ0v) is 10.6. The van der Waals surface area contributed by atoms with Crippen LogP contribution in [0.25, 0.3) is 0 Å². The number of nitrogens with one attached hydrogen (secondary N) is 1. The van der Waals surface area contributed by atoms with E-state index in [1.807, 2.05) is 0 Å². The molecule has 0 aliphatic carbocycles. The van der Waals surface area contributed by atoms with Gasteiger partial charge in [0, 0.05) is 0 Å². The van der Waals surface area contributed by atoms with E-state index in [1.54, 1.807) is 13.8 Å². The summed E-state index contributed by atoms with van der Waals surface area (Å²) < 4.78 is 9.41. The standard InChI is InChI=1S/C11H14ClNO4/c1-6(2)8(11(15)16-3)13-10(14)7-4-5-17-9(7)12/h4-6,8H,1-3H3,(H,13,14)/t8-/m0/s1. The molecule has 6 heteroatoms. The van der Waals surface area contributed by atoms with Gasteiger partial charge in [-0.05, 0) is 23.6 Å². The minimum absolute atomic E-state index is 0.00475. The van der Waals surface area contributed by atoms with Crippen LogP contribution >= 0.6 is 11.6 Å². The first kappa shape index (κ1) is 13.6. The Morgan fingerprint density at radius 1 is 1.47 bits per heavy atom. The van der Waals surface area contributed by atoms with E-state index >= 15 is 0 Å². The molecule has 17 heavy (non-hydrogen) atoms. The smallest absolute Gasteiger partial charge is 0.328 e. The van der Waals surface area contributed by atoms with E-state index in [0.29, 0.717) is 0 Å². The van der Waals surface area contributed by atoms with Gasteiger partial charge in [-0.3, -0.25) is 4.79 Å². The Morgan fingerprint density at radius 2 is 2.12 bits per heavy atom. The number of amides is 1. The second-order valence-corrected chi connectivity index (χ2v) is 4.17. The molecule has 0 aliphatic rings. The maximum absolute atomic E-state index is 11.8. The van der Waals surface area contributed by atoms with Gasteiger partial charge in [-0.1, -0.05) is 13.8 Å². The number of hydrogen-bond donors (Lipinski definition) is 1. The van der Waals surface area contributed by atoms with Crippen molar-refractivity contribution >= 4 is 23.5 Å². The van der Waals surface area contributed by atoms with Gasteiger partial charge in [0.15, 0.2) is 0 Å². The highest BCUT2D eigenvalue weighted by Gasteiger charge is 2.26. The molecule has 0 radical (unpaired) electrons. The largest absolute Gasteiger partial charge is 0.467 e. The Kier molecular flexibility index (Phi) is 4.57. The van der Waals surface area contributed by atoms with Crippen LogP contribution in [0.4, 0.5) is 0 Å². The number of carbonyl (C=O) groups is 2. The summed E-state index contributed by atoms with van der Waals surface area (Å²) in [5, 5.41) is 2.55. The summed E-state index contributed by atoms with van der Waals surface area (Å²) in [6.45, 7) is 3.61. The number of halogens is 1. The summed E-state index contributed by atoms with van der Waals surface area (Å²) in [5.74, 6) is -1.04. The summed E-state index contributed by atoms with van der Waals surface area (Å²) in [7, 11) is 1.27. The summed E-state index contributed by atoms with van der Waals surface area (Å²) in [6, 6.07) is 0.727. The molecule has 94 valence electrons. The molecule has 1 atom stereocenters. The molecule has 0 fully saturated rings. The molecule has 0 saturated heterocycles. The quantitative estimate of drug-likeness (QED) is 0.838. The van der Waals surface area contributed by atoms with Crippen LogP contribution in [0.3, 0.4) is 0 Å². The predicted octanol–water partition coefficient (Wildman–Crippen LogP) is 1.86. The third-order valence-corrected chi connectivity index (χ3v) is 2.56. The number of esters is 1. The fraction of sp³-hybridized carbons (Fsp3) is 0.455. The number of carbonyl (C=O) groups excluding carboxylic acids is 2. The molecular formula is C11H14ClNO4. The maximum Gasteiger partial charge on any atom is 0.328 e. The van der Waals surface area contributed by atoms with Crippen LogP contribution < -0.4 is 5.32 Å². The summed E-state index contributed by atoms with van der Waals surface area (Å²) in [6.07, 6.45) is 1.31. The molecule has 0 unspecified atom stereocenters. The van der Waals surface area contributed by atoms with Crippen molar-refractivity contribution in [3.8, 4) is 0 Å². The van der Waals surface area contributed by atoms with Gasteiger partial charge in [-0.15, -0.1) is 0 Å².